The van der Waals surface area contributed by atoms with E-state index >= 15 is 0 Å². The Morgan fingerprint density at radius 2 is 1.90 bits per heavy atom. The molecule has 0 saturated heterocycles. The van der Waals surface area contributed by atoms with Gasteiger partial charge in [-0.1, -0.05) is 27.7 Å². The topological polar surface area (TPSA) is 55.1 Å². The average molecular weight is 292 g/mol. The zero-order valence-electron chi connectivity index (χ0n) is 14.1. The van der Waals surface area contributed by atoms with E-state index in [9.17, 15) is 4.79 Å². The van der Waals surface area contributed by atoms with Gasteiger partial charge >= 0.3 is 0 Å². The van der Waals surface area contributed by atoms with Crippen molar-refractivity contribution in [3.05, 3.63) is 0 Å². The maximum absolute atomic E-state index is 12.8. The second kappa shape index (κ2) is 4.97. The highest BCUT2D eigenvalue weighted by atomic mass is 16.2. The van der Waals surface area contributed by atoms with Crippen molar-refractivity contribution < 1.29 is 4.79 Å². The van der Waals surface area contributed by atoms with Gasteiger partial charge in [-0.3, -0.25) is 4.79 Å². The summed E-state index contributed by atoms with van der Waals surface area (Å²) in [6, 6.07) is 0.544. The van der Waals surface area contributed by atoms with E-state index in [1.54, 1.807) is 0 Å². The molecule has 3 fully saturated rings. The van der Waals surface area contributed by atoms with Crippen LogP contribution in [-0.2, 0) is 4.79 Å². The maximum atomic E-state index is 12.8. The molecule has 0 spiro atoms. The van der Waals surface area contributed by atoms with Crippen molar-refractivity contribution in [3.63, 3.8) is 0 Å². The Labute approximate surface area is 129 Å². The summed E-state index contributed by atoms with van der Waals surface area (Å²) in [6.45, 7) is 9.29. The zero-order valence-corrected chi connectivity index (χ0v) is 14.1. The summed E-state index contributed by atoms with van der Waals surface area (Å²) in [7, 11) is 0. The third-order valence-corrected chi connectivity index (χ3v) is 7.13. The third-order valence-electron chi connectivity index (χ3n) is 7.13. The van der Waals surface area contributed by atoms with E-state index in [4.69, 9.17) is 5.73 Å². The summed E-state index contributed by atoms with van der Waals surface area (Å²) in [4.78, 5) is 12.8. The summed E-state index contributed by atoms with van der Waals surface area (Å²) in [6.07, 6.45) is 6.91. The summed E-state index contributed by atoms with van der Waals surface area (Å²) in [5.41, 5.74) is 6.64. The predicted molar refractivity (Wildman–Crippen MR) is 85.6 cm³/mol. The lowest BCUT2D eigenvalue weighted by atomic mass is 9.68. The molecule has 3 N–H and O–H groups in total. The molecule has 1 amide bonds. The molecule has 6 unspecified atom stereocenters. The standard InChI is InChI=1S/C18H32N2O/c1-11-5-6-13(19)9-14(11)15(21)20-16-17(2,3)12-7-8-18(16,4)10-12/h11-14,16H,5-10,19H2,1-4H3,(H,20,21). The van der Waals surface area contributed by atoms with Gasteiger partial charge in [0.2, 0.25) is 5.91 Å². The minimum atomic E-state index is 0.118. The number of carbonyl (C=O) groups is 1. The SMILES string of the molecule is CC1CCC(N)CC1C(=O)NC1C2(C)CCC(C2)C1(C)C. The molecule has 6 atom stereocenters. The molecule has 0 aromatic heterocycles. The lowest BCUT2D eigenvalue weighted by Crippen LogP contribution is -2.55. The van der Waals surface area contributed by atoms with Crippen LogP contribution >= 0.6 is 0 Å². The first kappa shape index (κ1) is 15.3. The van der Waals surface area contributed by atoms with Gasteiger partial charge in [-0.25, -0.2) is 0 Å². The predicted octanol–water partition coefficient (Wildman–Crippen LogP) is 3.08. The highest BCUT2D eigenvalue weighted by molar-refractivity contribution is 5.79. The molecule has 21 heavy (non-hydrogen) atoms. The van der Waals surface area contributed by atoms with E-state index in [1.165, 1.54) is 19.3 Å². The molecule has 3 rings (SSSR count). The van der Waals surface area contributed by atoms with E-state index < -0.39 is 0 Å². The van der Waals surface area contributed by atoms with Crippen molar-refractivity contribution in [2.24, 2.45) is 34.3 Å². The van der Waals surface area contributed by atoms with Crippen molar-refractivity contribution in [3.8, 4) is 0 Å². The molecule has 0 aromatic rings. The van der Waals surface area contributed by atoms with E-state index in [2.05, 4.69) is 33.0 Å². The first-order valence-corrected chi connectivity index (χ1v) is 8.80. The van der Waals surface area contributed by atoms with Gasteiger partial charge in [-0.05, 0) is 61.2 Å². The number of carbonyl (C=O) groups excluding carboxylic acids is 1. The van der Waals surface area contributed by atoms with Gasteiger partial charge < -0.3 is 11.1 Å². The van der Waals surface area contributed by atoms with E-state index in [0.29, 0.717) is 17.4 Å². The quantitative estimate of drug-likeness (QED) is 0.822. The summed E-state index contributed by atoms with van der Waals surface area (Å²) in [5, 5.41) is 3.47. The lowest BCUT2D eigenvalue weighted by molar-refractivity contribution is -0.130. The number of hydrogen-bond acceptors (Lipinski definition) is 2. The van der Waals surface area contributed by atoms with Gasteiger partial charge in [0.25, 0.3) is 0 Å². The summed E-state index contributed by atoms with van der Waals surface area (Å²) in [5.74, 6) is 1.63. The lowest BCUT2D eigenvalue weighted by Gasteiger charge is -2.44. The fraction of sp³-hybridized carbons (Fsp3) is 0.944. The largest absolute Gasteiger partial charge is 0.352 e. The first-order valence-electron chi connectivity index (χ1n) is 8.80. The van der Waals surface area contributed by atoms with Crippen LogP contribution in [0, 0.1) is 28.6 Å². The van der Waals surface area contributed by atoms with Crippen LogP contribution in [0.2, 0.25) is 0 Å². The Bertz CT molecular complexity index is 428. The van der Waals surface area contributed by atoms with Crippen LogP contribution in [0.25, 0.3) is 0 Å². The molecule has 0 radical (unpaired) electrons. The average Bonchev–Trinajstić information content (AvgIpc) is 2.88. The van der Waals surface area contributed by atoms with Crippen molar-refractivity contribution in [1.82, 2.24) is 5.32 Å². The monoisotopic (exact) mass is 292 g/mol. The van der Waals surface area contributed by atoms with E-state index in [1.807, 2.05) is 0 Å². The van der Waals surface area contributed by atoms with Crippen LogP contribution in [0.15, 0.2) is 0 Å². The molecule has 3 aliphatic carbocycles. The number of hydrogen-bond donors (Lipinski definition) is 2. The van der Waals surface area contributed by atoms with Crippen LogP contribution in [0.3, 0.4) is 0 Å². The van der Waals surface area contributed by atoms with Crippen LogP contribution in [0.5, 0.6) is 0 Å². The fourth-order valence-corrected chi connectivity index (χ4v) is 5.63. The highest BCUT2D eigenvalue weighted by Crippen LogP contribution is 2.62. The van der Waals surface area contributed by atoms with Gasteiger partial charge in [0.1, 0.15) is 0 Å². The Hall–Kier alpha value is -0.570. The van der Waals surface area contributed by atoms with Crippen molar-refractivity contribution >= 4 is 5.91 Å². The van der Waals surface area contributed by atoms with Gasteiger partial charge in [0, 0.05) is 18.0 Å². The Morgan fingerprint density at radius 1 is 1.19 bits per heavy atom. The van der Waals surface area contributed by atoms with Crippen LogP contribution < -0.4 is 11.1 Å². The third kappa shape index (κ3) is 2.42. The molecule has 0 heterocycles. The van der Waals surface area contributed by atoms with Crippen molar-refractivity contribution in [2.75, 3.05) is 0 Å². The minimum absolute atomic E-state index is 0.118. The Balaban J connectivity index is 1.72. The summed E-state index contributed by atoms with van der Waals surface area (Å²) < 4.78 is 0. The number of nitrogens with one attached hydrogen (secondary N) is 1. The van der Waals surface area contributed by atoms with Crippen LogP contribution in [0.4, 0.5) is 0 Å². The molecule has 3 heteroatoms. The molecule has 2 bridgehead atoms. The number of rotatable bonds is 2. The Kier molecular flexibility index (Phi) is 3.63. The molecule has 3 nitrogen and oxygen atoms in total. The first-order chi connectivity index (χ1) is 9.74. The smallest absolute Gasteiger partial charge is 0.223 e. The molecular weight excluding hydrogens is 260 g/mol. The zero-order chi connectivity index (χ0) is 15.4. The number of amides is 1. The molecular formula is C18H32N2O. The highest BCUT2D eigenvalue weighted by Gasteiger charge is 2.59. The van der Waals surface area contributed by atoms with Gasteiger partial charge in [0.15, 0.2) is 0 Å². The molecule has 3 saturated carbocycles. The van der Waals surface area contributed by atoms with Crippen molar-refractivity contribution in [1.29, 1.82) is 0 Å². The molecule has 120 valence electrons. The van der Waals surface area contributed by atoms with Gasteiger partial charge in [0.05, 0.1) is 0 Å². The van der Waals surface area contributed by atoms with Crippen LogP contribution in [-0.4, -0.2) is 18.0 Å². The Morgan fingerprint density at radius 3 is 2.52 bits per heavy atom. The van der Waals surface area contributed by atoms with E-state index in [-0.39, 0.29) is 23.3 Å². The fourth-order valence-electron chi connectivity index (χ4n) is 5.63. The van der Waals surface area contributed by atoms with Crippen LogP contribution in [0.1, 0.15) is 66.2 Å². The normalized spacial score (nSPS) is 48.3. The van der Waals surface area contributed by atoms with Crippen molar-refractivity contribution in [2.45, 2.75) is 78.3 Å². The molecule has 0 aromatic carbocycles. The van der Waals surface area contributed by atoms with Gasteiger partial charge in [-0.15, -0.1) is 0 Å². The maximum Gasteiger partial charge on any atom is 0.223 e. The second-order valence-corrected chi connectivity index (χ2v) is 9.01. The van der Waals surface area contributed by atoms with Gasteiger partial charge in [-0.2, -0.15) is 0 Å². The second-order valence-electron chi connectivity index (χ2n) is 9.01. The molecule has 0 aliphatic heterocycles. The van der Waals surface area contributed by atoms with E-state index in [0.717, 1.165) is 25.2 Å². The minimum Gasteiger partial charge on any atom is -0.352 e. The number of fused-ring (bicyclic) bond motifs is 2. The molecule has 3 aliphatic rings. The number of nitrogens with two attached hydrogens (primary N) is 1. The summed E-state index contributed by atoms with van der Waals surface area (Å²) >= 11 is 0.